The minimum absolute atomic E-state index is 0.0439. The van der Waals surface area contributed by atoms with E-state index >= 15 is 0 Å². The standard InChI is InChI=1S/C13H15BrN2O5/c1-2-21-10(17)6-5-9(13(19)20)16-12(18)8-4-3-7-15-11(8)14/h3-4,7,9H,2,5-6H2,1H3,(H,16,18)(H,19,20)/t9-/m0/s1. The number of carbonyl (C=O) groups is 3. The second-order valence-corrected chi connectivity index (χ2v) is 4.80. The molecule has 0 fully saturated rings. The van der Waals surface area contributed by atoms with Gasteiger partial charge in [0.25, 0.3) is 5.91 Å². The molecular weight excluding hydrogens is 344 g/mol. The van der Waals surface area contributed by atoms with Crippen LogP contribution in [0.2, 0.25) is 0 Å². The van der Waals surface area contributed by atoms with E-state index in [1.54, 1.807) is 13.0 Å². The maximum atomic E-state index is 12.0. The number of carboxylic acids is 1. The molecule has 2 N–H and O–H groups in total. The number of aromatic nitrogens is 1. The average Bonchev–Trinajstić information content (AvgIpc) is 2.43. The van der Waals surface area contributed by atoms with E-state index in [4.69, 9.17) is 9.84 Å². The molecule has 0 saturated heterocycles. The van der Waals surface area contributed by atoms with Crippen LogP contribution in [0.5, 0.6) is 0 Å². The van der Waals surface area contributed by atoms with Crippen molar-refractivity contribution in [2.24, 2.45) is 0 Å². The normalized spacial score (nSPS) is 11.5. The molecule has 0 aromatic carbocycles. The second-order valence-electron chi connectivity index (χ2n) is 4.05. The van der Waals surface area contributed by atoms with Crippen molar-refractivity contribution in [3.05, 3.63) is 28.5 Å². The number of nitrogens with one attached hydrogen (secondary N) is 1. The first-order valence-electron chi connectivity index (χ1n) is 6.25. The maximum absolute atomic E-state index is 12.0. The number of hydrogen-bond acceptors (Lipinski definition) is 5. The zero-order chi connectivity index (χ0) is 15.8. The van der Waals surface area contributed by atoms with Gasteiger partial charge >= 0.3 is 11.9 Å². The summed E-state index contributed by atoms with van der Waals surface area (Å²) in [6, 6.07) is 1.90. The molecule has 114 valence electrons. The Morgan fingerprint density at radius 3 is 2.76 bits per heavy atom. The lowest BCUT2D eigenvalue weighted by Gasteiger charge is -2.14. The Labute approximate surface area is 129 Å². The molecule has 0 saturated carbocycles. The first kappa shape index (κ1) is 17.1. The lowest BCUT2D eigenvalue weighted by Crippen LogP contribution is -2.41. The summed E-state index contributed by atoms with van der Waals surface area (Å²) < 4.78 is 5.04. The van der Waals surface area contributed by atoms with Crippen molar-refractivity contribution in [2.75, 3.05) is 6.61 Å². The van der Waals surface area contributed by atoms with E-state index in [9.17, 15) is 14.4 Å². The van der Waals surface area contributed by atoms with Crippen molar-refractivity contribution in [3.8, 4) is 0 Å². The molecule has 0 bridgehead atoms. The van der Waals surface area contributed by atoms with E-state index in [-0.39, 0.29) is 25.0 Å². The number of ether oxygens (including phenoxy) is 1. The average molecular weight is 359 g/mol. The van der Waals surface area contributed by atoms with Crippen LogP contribution in [0.15, 0.2) is 22.9 Å². The summed E-state index contributed by atoms with van der Waals surface area (Å²) in [4.78, 5) is 38.2. The molecular formula is C13H15BrN2O5. The van der Waals surface area contributed by atoms with Crippen molar-refractivity contribution in [1.82, 2.24) is 10.3 Å². The number of halogens is 1. The highest BCUT2D eigenvalue weighted by molar-refractivity contribution is 9.10. The van der Waals surface area contributed by atoms with Gasteiger partial charge in [-0.15, -0.1) is 0 Å². The van der Waals surface area contributed by atoms with E-state index in [0.717, 1.165) is 0 Å². The van der Waals surface area contributed by atoms with E-state index in [1.807, 2.05) is 0 Å². The van der Waals surface area contributed by atoms with Gasteiger partial charge in [-0.25, -0.2) is 9.78 Å². The Kier molecular flexibility index (Phi) is 6.80. The van der Waals surface area contributed by atoms with Crippen LogP contribution in [-0.4, -0.2) is 40.6 Å². The molecule has 1 heterocycles. The molecule has 1 amide bonds. The third-order valence-corrected chi connectivity index (χ3v) is 3.18. The van der Waals surface area contributed by atoms with Gasteiger partial charge in [0.2, 0.25) is 0 Å². The number of aliphatic carboxylic acids is 1. The molecule has 1 aromatic rings. The number of rotatable bonds is 7. The topological polar surface area (TPSA) is 106 Å². The van der Waals surface area contributed by atoms with Crippen molar-refractivity contribution in [2.45, 2.75) is 25.8 Å². The van der Waals surface area contributed by atoms with Crippen molar-refractivity contribution >= 4 is 33.8 Å². The molecule has 1 aromatic heterocycles. The minimum Gasteiger partial charge on any atom is -0.480 e. The Bertz CT molecular complexity index is 535. The Morgan fingerprint density at radius 1 is 1.48 bits per heavy atom. The largest absolute Gasteiger partial charge is 0.480 e. The number of carboxylic acid groups (broad SMARTS) is 1. The third-order valence-electron chi connectivity index (χ3n) is 2.55. The maximum Gasteiger partial charge on any atom is 0.326 e. The SMILES string of the molecule is CCOC(=O)CC[C@H](NC(=O)c1cccnc1Br)C(=O)O. The summed E-state index contributed by atoms with van der Waals surface area (Å²) >= 11 is 3.11. The first-order chi connectivity index (χ1) is 9.95. The lowest BCUT2D eigenvalue weighted by atomic mass is 10.1. The van der Waals surface area contributed by atoms with Crippen LogP contribution in [0.4, 0.5) is 0 Å². The fourth-order valence-corrected chi connectivity index (χ4v) is 1.97. The number of hydrogen-bond donors (Lipinski definition) is 2. The van der Waals surface area contributed by atoms with Gasteiger partial charge in [0.05, 0.1) is 12.2 Å². The van der Waals surface area contributed by atoms with Crippen molar-refractivity contribution in [1.29, 1.82) is 0 Å². The second kappa shape index (κ2) is 8.35. The quantitative estimate of drug-likeness (QED) is 0.563. The van der Waals surface area contributed by atoms with Gasteiger partial charge in [-0.2, -0.15) is 0 Å². The smallest absolute Gasteiger partial charge is 0.326 e. The van der Waals surface area contributed by atoms with Crippen LogP contribution in [0, 0.1) is 0 Å². The number of nitrogens with zero attached hydrogens (tertiary/aromatic N) is 1. The number of amides is 1. The molecule has 8 heteroatoms. The molecule has 0 aliphatic rings. The summed E-state index contributed by atoms with van der Waals surface area (Å²) in [5, 5.41) is 11.4. The highest BCUT2D eigenvalue weighted by Crippen LogP contribution is 2.13. The zero-order valence-corrected chi connectivity index (χ0v) is 12.9. The monoisotopic (exact) mass is 358 g/mol. The molecule has 0 aliphatic carbocycles. The van der Waals surface area contributed by atoms with E-state index < -0.39 is 23.9 Å². The van der Waals surface area contributed by atoms with Crippen LogP contribution in [0.25, 0.3) is 0 Å². The minimum atomic E-state index is -1.22. The molecule has 0 spiro atoms. The van der Waals surface area contributed by atoms with E-state index in [1.165, 1.54) is 12.3 Å². The third kappa shape index (κ3) is 5.50. The summed E-state index contributed by atoms with van der Waals surface area (Å²) in [6.07, 6.45) is 1.37. The first-order valence-corrected chi connectivity index (χ1v) is 7.04. The summed E-state index contributed by atoms with van der Waals surface area (Å²) in [6.45, 7) is 1.89. The lowest BCUT2D eigenvalue weighted by molar-refractivity contribution is -0.144. The van der Waals surface area contributed by atoms with E-state index in [0.29, 0.717) is 4.60 Å². The Morgan fingerprint density at radius 2 is 2.19 bits per heavy atom. The number of carbonyl (C=O) groups excluding carboxylic acids is 2. The highest BCUT2D eigenvalue weighted by Gasteiger charge is 2.23. The van der Waals surface area contributed by atoms with Crippen LogP contribution in [0.1, 0.15) is 30.1 Å². The van der Waals surface area contributed by atoms with Gasteiger partial charge in [0.15, 0.2) is 0 Å². The molecule has 7 nitrogen and oxygen atoms in total. The summed E-state index contributed by atoms with van der Waals surface area (Å²) in [5.41, 5.74) is 0.222. The van der Waals surface area contributed by atoms with Crippen LogP contribution in [-0.2, 0) is 14.3 Å². The number of esters is 1. The predicted molar refractivity (Wildman–Crippen MR) is 76.7 cm³/mol. The fraction of sp³-hybridized carbons (Fsp3) is 0.385. The van der Waals surface area contributed by atoms with Gasteiger partial charge < -0.3 is 15.2 Å². The molecule has 0 radical (unpaired) electrons. The molecule has 21 heavy (non-hydrogen) atoms. The molecule has 0 unspecified atom stereocenters. The molecule has 0 aliphatic heterocycles. The highest BCUT2D eigenvalue weighted by atomic mass is 79.9. The van der Waals surface area contributed by atoms with Crippen molar-refractivity contribution in [3.63, 3.8) is 0 Å². The van der Waals surface area contributed by atoms with Gasteiger partial charge in [-0.05, 0) is 41.4 Å². The molecule has 1 atom stereocenters. The van der Waals surface area contributed by atoms with Gasteiger partial charge in [-0.3, -0.25) is 9.59 Å². The van der Waals surface area contributed by atoms with Crippen LogP contribution in [0.3, 0.4) is 0 Å². The predicted octanol–water partition coefficient (Wildman–Crippen LogP) is 1.37. The van der Waals surface area contributed by atoms with Gasteiger partial charge in [-0.1, -0.05) is 0 Å². The Hall–Kier alpha value is -1.96. The van der Waals surface area contributed by atoms with Crippen molar-refractivity contribution < 1.29 is 24.2 Å². The Balaban J connectivity index is 2.66. The van der Waals surface area contributed by atoms with Crippen LogP contribution >= 0.6 is 15.9 Å². The zero-order valence-electron chi connectivity index (χ0n) is 11.3. The summed E-state index contributed by atoms with van der Waals surface area (Å²) in [5.74, 6) is -2.29. The van der Waals surface area contributed by atoms with Gasteiger partial charge in [0, 0.05) is 12.6 Å². The number of pyridine rings is 1. The fourth-order valence-electron chi connectivity index (χ4n) is 1.54. The van der Waals surface area contributed by atoms with Crippen LogP contribution < -0.4 is 5.32 Å². The van der Waals surface area contributed by atoms with Gasteiger partial charge in [0.1, 0.15) is 10.6 Å². The molecule has 1 rings (SSSR count). The van der Waals surface area contributed by atoms with E-state index in [2.05, 4.69) is 26.2 Å². The summed E-state index contributed by atoms with van der Waals surface area (Å²) in [7, 11) is 0.